The van der Waals surface area contributed by atoms with Crippen molar-refractivity contribution in [1.29, 1.82) is 0 Å². The third-order valence-corrected chi connectivity index (χ3v) is 16.6. The molecule has 5 fully saturated rings. The average molecular weight is 933 g/mol. The number of amides is 2. The Labute approximate surface area is 386 Å². The Balaban J connectivity index is 0.671. The summed E-state index contributed by atoms with van der Waals surface area (Å²) in [6.45, 7) is 9.18. The van der Waals surface area contributed by atoms with E-state index in [-0.39, 0.29) is 36.9 Å². The van der Waals surface area contributed by atoms with Crippen molar-refractivity contribution >= 4 is 50.2 Å². The van der Waals surface area contributed by atoms with Gasteiger partial charge in [0.05, 0.1) is 11.3 Å². The van der Waals surface area contributed by atoms with Crippen LogP contribution in [-0.4, -0.2) is 108 Å². The molecule has 0 bridgehead atoms. The first kappa shape index (κ1) is 43.5. The maximum Gasteiger partial charge on any atom is 0.301 e. The van der Waals surface area contributed by atoms with Gasteiger partial charge in [0.2, 0.25) is 11.7 Å². The molecule has 0 radical (unpaired) electrons. The number of anilines is 2. The number of carbonyl (C=O) groups is 3. The molecule has 6 aliphatic rings. The Hall–Kier alpha value is -6.04. The van der Waals surface area contributed by atoms with Crippen LogP contribution in [0.4, 0.5) is 24.5 Å². The van der Waals surface area contributed by atoms with Gasteiger partial charge in [-0.25, -0.2) is 18.2 Å². The zero-order valence-electron chi connectivity index (χ0n) is 36.9. The molecule has 7 heterocycles. The number of aromatic nitrogens is 2. The van der Waals surface area contributed by atoms with Gasteiger partial charge in [-0.1, -0.05) is 30.8 Å². The number of halogens is 3. The molecule has 3 aromatic carbocycles. The number of alkyl halides is 1. The number of piperidine rings is 2. The number of pyridine rings is 1. The molecule has 2 atom stereocenters. The Morgan fingerprint density at radius 2 is 1.72 bits per heavy atom. The second-order valence-electron chi connectivity index (χ2n) is 19.5. The lowest BCUT2D eigenvalue weighted by Crippen LogP contribution is -2.62. The number of hydrogen-bond donors (Lipinski definition) is 3. The molecule has 2 amide bonds. The molecule has 5 aromatic rings. The lowest BCUT2D eigenvalue weighted by atomic mass is 9.56. The highest BCUT2D eigenvalue weighted by atomic mass is 32.2. The third-order valence-electron chi connectivity index (χ3n) is 15.1. The van der Waals surface area contributed by atoms with E-state index >= 15 is 8.78 Å². The van der Waals surface area contributed by atoms with Crippen molar-refractivity contribution in [3.63, 3.8) is 0 Å². The summed E-state index contributed by atoms with van der Waals surface area (Å²) < 4.78 is 73.2. The predicted octanol–water partition coefficient (Wildman–Crippen LogP) is 7.28. The number of likely N-dealkylation sites (tertiary alicyclic amines) is 1. The van der Waals surface area contributed by atoms with Gasteiger partial charge in [-0.05, 0) is 115 Å². The summed E-state index contributed by atoms with van der Waals surface area (Å²) in [7, 11) is -4.35. The number of hydrogen-bond acceptors (Lipinski definition) is 8. The van der Waals surface area contributed by atoms with Gasteiger partial charge in [-0.15, -0.1) is 0 Å². The maximum atomic E-state index is 15.8. The van der Waals surface area contributed by atoms with Crippen molar-refractivity contribution in [2.75, 3.05) is 55.4 Å². The van der Waals surface area contributed by atoms with E-state index in [2.05, 4.69) is 60.7 Å². The molecule has 4 saturated heterocycles. The molecule has 348 valence electrons. The van der Waals surface area contributed by atoms with E-state index in [1.165, 1.54) is 11.8 Å². The fourth-order valence-electron chi connectivity index (χ4n) is 11.5. The summed E-state index contributed by atoms with van der Waals surface area (Å²) in [6, 6.07) is 17.5. The highest BCUT2D eigenvalue weighted by Crippen LogP contribution is 2.56. The molecular formula is C50H51F3N8O5S. The summed E-state index contributed by atoms with van der Waals surface area (Å²) in [5.74, 6) is -2.61. The van der Waals surface area contributed by atoms with Crippen molar-refractivity contribution in [3.05, 3.63) is 125 Å². The minimum Gasteiger partial charge on any atom is -0.372 e. The van der Waals surface area contributed by atoms with Gasteiger partial charge in [-0.2, -0.15) is 12.7 Å². The van der Waals surface area contributed by atoms with Crippen LogP contribution in [0.1, 0.15) is 88.3 Å². The van der Waals surface area contributed by atoms with E-state index in [4.69, 9.17) is 0 Å². The number of rotatable bonds is 11. The molecule has 11 rings (SSSR count). The largest absolute Gasteiger partial charge is 0.372 e. The Bertz CT molecular complexity index is 2960. The van der Waals surface area contributed by atoms with Crippen LogP contribution in [0.3, 0.4) is 0 Å². The predicted molar refractivity (Wildman–Crippen MR) is 247 cm³/mol. The summed E-state index contributed by atoms with van der Waals surface area (Å²) >= 11 is 0. The molecule has 2 aromatic heterocycles. The number of H-pyrrole nitrogens is 1. The van der Waals surface area contributed by atoms with Crippen LogP contribution in [-0.2, 0) is 21.5 Å². The van der Waals surface area contributed by atoms with Crippen LogP contribution >= 0.6 is 0 Å². The van der Waals surface area contributed by atoms with Crippen molar-refractivity contribution in [2.45, 2.75) is 69.6 Å². The molecule has 17 heteroatoms. The minimum absolute atomic E-state index is 0.0102. The fourth-order valence-corrected chi connectivity index (χ4v) is 12.7. The number of benzene rings is 3. The Kier molecular flexibility index (Phi) is 10.8. The van der Waals surface area contributed by atoms with Crippen LogP contribution in [0, 0.1) is 23.0 Å². The number of fused-ring (bicyclic) bond motifs is 2. The quantitative estimate of drug-likeness (QED) is 0.117. The Morgan fingerprint density at radius 3 is 2.45 bits per heavy atom. The third kappa shape index (κ3) is 7.97. The van der Waals surface area contributed by atoms with Crippen LogP contribution in [0.25, 0.3) is 22.2 Å². The molecule has 3 N–H and O–H groups in total. The number of nitrogens with one attached hydrogen (secondary N) is 3. The topological polar surface area (TPSA) is 151 Å². The molecule has 1 spiro atoms. The first-order valence-electron chi connectivity index (χ1n) is 23.1. The van der Waals surface area contributed by atoms with E-state index in [9.17, 15) is 27.2 Å². The van der Waals surface area contributed by atoms with Gasteiger partial charge in [0.25, 0.3) is 5.91 Å². The number of aromatic amines is 1. The summed E-state index contributed by atoms with van der Waals surface area (Å²) in [6.07, 6.45) is 7.49. The first-order valence-corrected chi connectivity index (χ1v) is 24.6. The van der Waals surface area contributed by atoms with Crippen molar-refractivity contribution in [2.24, 2.45) is 11.3 Å². The van der Waals surface area contributed by atoms with Gasteiger partial charge in [0.1, 0.15) is 23.7 Å². The van der Waals surface area contributed by atoms with Gasteiger partial charge in [0, 0.05) is 98.2 Å². The van der Waals surface area contributed by atoms with Gasteiger partial charge in [-0.3, -0.25) is 19.1 Å². The standard InChI is InChI=1S/C50H51F3N8O5S/c1-29-2-11-43(48(63)56-29)61-25-34-18-37(7-8-38(34)49(61)64)59-15-12-30(13-16-59)24-58-27-50(28-58)20-35(21-50)32-5-3-31(4-6-32)33-19-39-40(23-55-47(39)54-22-33)46(62)44-41(52)9-10-42(45(44)53)57-67(65,66)60-17-14-36(51)26-60/h3-10,18-19,22-23,30,35-36,43,57H,1-2,11-17,20-21,24-28H2,(H,54,55)(H,56,63)/t36-,43?/m1/s1. The van der Waals surface area contributed by atoms with Crippen LogP contribution in [0.5, 0.6) is 0 Å². The summed E-state index contributed by atoms with van der Waals surface area (Å²) in [4.78, 5) is 53.8. The second-order valence-corrected chi connectivity index (χ2v) is 21.2. The van der Waals surface area contributed by atoms with Crippen LogP contribution < -0.4 is 14.9 Å². The number of ketones is 1. The molecular weight excluding hydrogens is 882 g/mol. The van der Waals surface area contributed by atoms with Gasteiger partial charge < -0.3 is 25.0 Å². The van der Waals surface area contributed by atoms with Gasteiger partial charge >= 0.3 is 10.2 Å². The van der Waals surface area contributed by atoms with Crippen molar-refractivity contribution in [1.82, 2.24) is 29.4 Å². The Morgan fingerprint density at radius 1 is 0.940 bits per heavy atom. The molecule has 1 saturated carbocycles. The second kappa shape index (κ2) is 16.6. The average Bonchev–Trinajstić information content (AvgIpc) is 4.02. The fraction of sp³-hybridized carbons (Fsp3) is 0.400. The smallest absolute Gasteiger partial charge is 0.301 e. The normalized spacial score (nSPS) is 22.6. The highest BCUT2D eigenvalue weighted by molar-refractivity contribution is 7.90. The lowest BCUT2D eigenvalue weighted by Gasteiger charge is -2.60. The zero-order valence-corrected chi connectivity index (χ0v) is 37.7. The molecule has 5 aliphatic heterocycles. The van der Waals surface area contributed by atoms with Crippen LogP contribution in [0.2, 0.25) is 0 Å². The first-order chi connectivity index (χ1) is 32.2. The van der Waals surface area contributed by atoms with E-state index in [1.54, 1.807) is 17.2 Å². The lowest BCUT2D eigenvalue weighted by molar-refractivity contribution is -0.126. The zero-order chi connectivity index (χ0) is 46.4. The van der Waals surface area contributed by atoms with Gasteiger partial charge in [0.15, 0.2) is 5.82 Å². The van der Waals surface area contributed by atoms with E-state index in [1.807, 2.05) is 18.2 Å². The SMILES string of the molecule is C=C1CCC(N2Cc3cc(N4CCC(CN5CC6(CC(c7ccc(-c8cnc9[nH]cc(C(=O)c%10c(F)ccc(NS(=O)(=O)N%11CC[C@@H](F)C%11)c%10F)c9c8)cc7)C6)C5)CC4)ccc3C2=O)C(=O)N1. The minimum atomic E-state index is -4.35. The summed E-state index contributed by atoms with van der Waals surface area (Å²) in [5, 5.41) is 3.17. The van der Waals surface area contributed by atoms with Crippen molar-refractivity contribution < 1.29 is 36.0 Å². The van der Waals surface area contributed by atoms with Crippen molar-refractivity contribution in [3.8, 4) is 11.1 Å². The highest BCUT2D eigenvalue weighted by Gasteiger charge is 2.52. The molecule has 13 nitrogen and oxygen atoms in total. The number of nitrogens with zero attached hydrogens (tertiary/aromatic N) is 5. The maximum absolute atomic E-state index is 15.8. The molecule has 67 heavy (non-hydrogen) atoms. The number of allylic oxidation sites excluding steroid dienone is 1. The number of carbonyl (C=O) groups excluding carboxylic acids is 3. The van der Waals surface area contributed by atoms with E-state index in [0.717, 1.165) is 91.7 Å². The summed E-state index contributed by atoms with van der Waals surface area (Å²) in [5.41, 5.74) is 5.55. The van der Waals surface area contributed by atoms with E-state index in [0.29, 0.717) is 64.5 Å². The molecule has 1 unspecified atom stereocenters. The molecule has 1 aliphatic carbocycles. The van der Waals surface area contributed by atoms with Crippen LogP contribution in [0.15, 0.2) is 85.3 Å². The van der Waals surface area contributed by atoms with E-state index < -0.39 is 51.1 Å². The monoisotopic (exact) mass is 932 g/mol.